The summed E-state index contributed by atoms with van der Waals surface area (Å²) in [6.07, 6.45) is 0. The van der Waals surface area contributed by atoms with E-state index in [0.29, 0.717) is 17.2 Å². The molecule has 0 atom stereocenters. The highest BCUT2D eigenvalue weighted by Crippen LogP contribution is 2.29. The van der Waals surface area contributed by atoms with Crippen molar-refractivity contribution in [1.29, 1.82) is 0 Å². The summed E-state index contributed by atoms with van der Waals surface area (Å²) in [5.41, 5.74) is 2.99. The van der Waals surface area contributed by atoms with Gasteiger partial charge >= 0.3 is 6.03 Å². The third kappa shape index (κ3) is 4.57. The molecule has 26 heavy (non-hydrogen) atoms. The fourth-order valence-electron chi connectivity index (χ4n) is 2.59. The van der Waals surface area contributed by atoms with Gasteiger partial charge in [-0.1, -0.05) is 30.4 Å². The lowest BCUT2D eigenvalue weighted by Crippen LogP contribution is -2.43. The summed E-state index contributed by atoms with van der Waals surface area (Å²) in [6.45, 7) is 9.84. The first-order chi connectivity index (χ1) is 12.3. The van der Waals surface area contributed by atoms with Gasteiger partial charge in [0, 0.05) is 6.07 Å². The van der Waals surface area contributed by atoms with E-state index in [9.17, 15) is 4.79 Å². The van der Waals surface area contributed by atoms with Gasteiger partial charge in [0.05, 0.1) is 25.4 Å². The third-order valence-corrected chi connectivity index (χ3v) is 4.16. The van der Waals surface area contributed by atoms with Gasteiger partial charge in [0.1, 0.15) is 11.5 Å². The van der Waals surface area contributed by atoms with E-state index in [-0.39, 0.29) is 6.03 Å². The first kappa shape index (κ1) is 19.4. The molecule has 0 aliphatic heterocycles. The second-order valence-corrected chi connectivity index (χ2v) is 6.63. The van der Waals surface area contributed by atoms with Crippen LogP contribution in [0.15, 0.2) is 49.0 Å². The summed E-state index contributed by atoms with van der Waals surface area (Å²) < 4.78 is 10.5. The molecular formula is C21H26N2O3. The summed E-state index contributed by atoms with van der Waals surface area (Å²) in [5.74, 6) is 1.19. The molecule has 0 fully saturated rings. The van der Waals surface area contributed by atoms with Crippen molar-refractivity contribution in [2.45, 2.75) is 26.3 Å². The van der Waals surface area contributed by atoms with Crippen LogP contribution in [0.1, 0.15) is 31.9 Å². The zero-order chi connectivity index (χ0) is 19.3. The number of hydrogen-bond acceptors (Lipinski definition) is 3. The van der Waals surface area contributed by atoms with E-state index in [1.54, 1.807) is 32.4 Å². The molecule has 0 saturated heterocycles. The molecule has 0 heterocycles. The van der Waals surface area contributed by atoms with Crippen molar-refractivity contribution < 1.29 is 14.3 Å². The van der Waals surface area contributed by atoms with Crippen LogP contribution in [0.5, 0.6) is 11.5 Å². The van der Waals surface area contributed by atoms with Gasteiger partial charge in [0.25, 0.3) is 0 Å². The Morgan fingerprint density at radius 1 is 1.08 bits per heavy atom. The molecule has 0 spiro atoms. The van der Waals surface area contributed by atoms with Gasteiger partial charge in [-0.2, -0.15) is 0 Å². The largest absolute Gasteiger partial charge is 0.497 e. The molecule has 2 rings (SSSR count). The molecule has 2 aromatic carbocycles. The van der Waals surface area contributed by atoms with Crippen LogP contribution in [0.4, 0.5) is 10.5 Å². The highest BCUT2D eigenvalue weighted by atomic mass is 16.5. The van der Waals surface area contributed by atoms with Crippen LogP contribution in [0.2, 0.25) is 0 Å². The van der Waals surface area contributed by atoms with Crippen molar-refractivity contribution in [2.75, 3.05) is 19.5 Å². The first-order valence-corrected chi connectivity index (χ1v) is 8.34. The fourth-order valence-corrected chi connectivity index (χ4v) is 2.59. The molecular weight excluding hydrogens is 328 g/mol. The zero-order valence-electron chi connectivity index (χ0n) is 16.0. The Labute approximate surface area is 155 Å². The van der Waals surface area contributed by atoms with Crippen molar-refractivity contribution in [2.24, 2.45) is 0 Å². The van der Waals surface area contributed by atoms with Crippen LogP contribution in [0.25, 0.3) is 5.57 Å². The molecule has 138 valence electrons. The first-order valence-electron chi connectivity index (χ1n) is 8.34. The van der Waals surface area contributed by atoms with Gasteiger partial charge < -0.3 is 20.1 Å². The Balaban J connectivity index is 2.18. The predicted octanol–water partition coefficient (Wildman–Crippen LogP) is 4.79. The lowest BCUT2D eigenvalue weighted by atomic mass is 9.92. The average molecular weight is 354 g/mol. The minimum atomic E-state index is -0.568. The highest BCUT2D eigenvalue weighted by molar-refractivity contribution is 5.91. The maximum Gasteiger partial charge on any atom is 0.320 e. The molecule has 0 unspecified atom stereocenters. The van der Waals surface area contributed by atoms with Crippen molar-refractivity contribution in [1.82, 2.24) is 5.32 Å². The van der Waals surface area contributed by atoms with Gasteiger partial charge in [-0.25, -0.2) is 4.79 Å². The standard InChI is InChI=1S/C21H26N2O3/c1-14(2)15-8-7-9-16(12-15)21(3,4)23-20(24)22-18-13-17(25-5)10-11-19(18)26-6/h7-13H,1H2,2-6H3,(H2,22,23,24). The Morgan fingerprint density at radius 3 is 2.42 bits per heavy atom. The lowest BCUT2D eigenvalue weighted by Gasteiger charge is -2.28. The van der Waals surface area contributed by atoms with E-state index in [4.69, 9.17) is 9.47 Å². The molecule has 0 aliphatic rings. The zero-order valence-corrected chi connectivity index (χ0v) is 16.0. The summed E-state index contributed by atoms with van der Waals surface area (Å²) in [6, 6.07) is 12.9. The van der Waals surface area contributed by atoms with E-state index < -0.39 is 5.54 Å². The number of anilines is 1. The number of ether oxygens (including phenoxy) is 2. The van der Waals surface area contributed by atoms with Crippen molar-refractivity contribution in [3.8, 4) is 11.5 Å². The van der Waals surface area contributed by atoms with Crippen LogP contribution in [-0.4, -0.2) is 20.3 Å². The van der Waals surface area contributed by atoms with Gasteiger partial charge in [0.2, 0.25) is 0 Å². The monoisotopic (exact) mass is 354 g/mol. The number of nitrogens with one attached hydrogen (secondary N) is 2. The van der Waals surface area contributed by atoms with Gasteiger partial charge in [-0.15, -0.1) is 0 Å². The average Bonchev–Trinajstić information content (AvgIpc) is 2.61. The molecule has 0 aliphatic carbocycles. The normalized spacial score (nSPS) is 10.8. The van der Waals surface area contributed by atoms with E-state index in [1.807, 2.05) is 45.0 Å². The van der Waals surface area contributed by atoms with Gasteiger partial charge in [0.15, 0.2) is 0 Å². The number of urea groups is 1. The molecule has 5 heteroatoms. The topological polar surface area (TPSA) is 59.6 Å². The molecule has 0 saturated carbocycles. The number of rotatable bonds is 6. The Hall–Kier alpha value is -2.95. The van der Waals surface area contributed by atoms with Crippen LogP contribution in [-0.2, 0) is 5.54 Å². The molecule has 2 N–H and O–H groups in total. The summed E-state index contributed by atoms with van der Waals surface area (Å²) >= 11 is 0. The Kier molecular flexibility index (Phi) is 5.93. The molecule has 0 radical (unpaired) electrons. The van der Waals surface area contributed by atoms with Crippen LogP contribution >= 0.6 is 0 Å². The Bertz CT molecular complexity index is 813. The van der Waals surface area contributed by atoms with E-state index >= 15 is 0 Å². The summed E-state index contributed by atoms with van der Waals surface area (Å²) in [7, 11) is 3.13. The molecule has 0 bridgehead atoms. The quantitative estimate of drug-likeness (QED) is 0.784. The van der Waals surface area contributed by atoms with Crippen LogP contribution in [0.3, 0.4) is 0 Å². The summed E-state index contributed by atoms with van der Waals surface area (Å²) in [4.78, 5) is 12.6. The molecule has 2 aromatic rings. The van der Waals surface area contributed by atoms with E-state index in [0.717, 1.165) is 16.7 Å². The lowest BCUT2D eigenvalue weighted by molar-refractivity contribution is 0.241. The van der Waals surface area contributed by atoms with Crippen LogP contribution < -0.4 is 20.1 Å². The van der Waals surface area contributed by atoms with Gasteiger partial charge in [-0.3, -0.25) is 0 Å². The predicted molar refractivity (Wildman–Crippen MR) is 106 cm³/mol. The maximum absolute atomic E-state index is 12.6. The minimum absolute atomic E-state index is 0.331. The number of benzene rings is 2. The molecule has 5 nitrogen and oxygen atoms in total. The molecule has 0 aromatic heterocycles. The number of methoxy groups -OCH3 is 2. The van der Waals surface area contributed by atoms with Crippen molar-refractivity contribution in [3.63, 3.8) is 0 Å². The smallest absolute Gasteiger partial charge is 0.320 e. The second-order valence-electron chi connectivity index (χ2n) is 6.63. The number of amides is 2. The van der Waals surface area contributed by atoms with Crippen LogP contribution in [0, 0.1) is 0 Å². The number of allylic oxidation sites excluding steroid dienone is 1. The second kappa shape index (κ2) is 7.95. The third-order valence-electron chi connectivity index (χ3n) is 4.16. The number of hydrogen-bond donors (Lipinski definition) is 2. The molecule has 2 amide bonds. The Morgan fingerprint density at radius 2 is 1.81 bits per heavy atom. The van der Waals surface area contributed by atoms with E-state index in [2.05, 4.69) is 17.2 Å². The summed E-state index contributed by atoms with van der Waals surface area (Å²) in [5, 5.41) is 5.83. The number of carbonyl (C=O) groups is 1. The SMILES string of the molecule is C=C(C)c1cccc(C(C)(C)NC(=O)Nc2cc(OC)ccc2OC)c1. The van der Waals surface area contributed by atoms with Crippen molar-refractivity contribution >= 4 is 17.3 Å². The fraction of sp³-hybridized carbons (Fsp3) is 0.286. The van der Waals surface area contributed by atoms with Gasteiger partial charge in [-0.05, 0) is 50.1 Å². The highest BCUT2D eigenvalue weighted by Gasteiger charge is 2.23. The van der Waals surface area contributed by atoms with E-state index in [1.165, 1.54) is 0 Å². The number of carbonyl (C=O) groups excluding carboxylic acids is 1. The maximum atomic E-state index is 12.6. The minimum Gasteiger partial charge on any atom is -0.497 e. The van der Waals surface area contributed by atoms with Crippen molar-refractivity contribution in [3.05, 3.63) is 60.2 Å².